The fraction of sp³-hybridized carbons (Fsp3) is 0.400. The van der Waals surface area contributed by atoms with Crippen LogP contribution in [0, 0.1) is 0 Å². The third-order valence-electron chi connectivity index (χ3n) is 3.18. The second-order valence-electron chi connectivity index (χ2n) is 4.91. The SMILES string of the molecule is CNc1ncc(Cc2ccc(OC)c(C(C)C)c2)[nH]1. The molecule has 0 aliphatic carbocycles. The summed E-state index contributed by atoms with van der Waals surface area (Å²) in [6, 6.07) is 6.36. The predicted molar refractivity (Wildman–Crippen MR) is 78.0 cm³/mol. The first-order valence-electron chi connectivity index (χ1n) is 6.52. The second-order valence-corrected chi connectivity index (χ2v) is 4.91. The van der Waals surface area contributed by atoms with Crippen LogP contribution in [0.15, 0.2) is 24.4 Å². The van der Waals surface area contributed by atoms with Gasteiger partial charge in [0.1, 0.15) is 5.75 Å². The number of aromatic nitrogens is 2. The number of nitrogens with one attached hydrogen (secondary N) is 2. The average Bonchev–Trinajstić information content (AvgIpc) is 2.86. The Hall–Kier alpha value is -1.97. The third kappa shape index (κ3) is 3.08. The summed E-state index contributed by atoms with van der Waals surface area (Å²) in [6.07, 6.45) is 2.71. The van der Waals surface area contributed by atoms with Crippen molar-refractivity contribution in [2.24, 2.45) is 0 Å². The standard InChI is InChI=1S/C15H21N3O/c1-10(2)13-8-11(5-6-14(13)19-4)7-12-9-17-15(16-3)18-12/h5-6,8-10H,7H2,1-4H3,(H2,16,17,18). The van der Waals surface area contributed by atoms with Gasteiger partial charge in [-0.3, -0.25) is 0 Å². The highest BCUT2D eigenvalue weighted by atomic mass is 16.5. The Balaban J connectivity index is 2.23. The maximum absolute atomic E-state index is 5.40. The van der Waals surface area contributed by atoms with Gasteiger partial charge in [-0.25, -0.2) is 4.98 Å². The Morgan fingerprint density at radius 2 is 2.16 bits per heavy atom. The molecule has 2 aromatic rings. The van der Waals surface area contributed by atoms with E-state index in [1.54, 1.807) is 7.11 Å². The van der Waals surface area contributed by atoms with Crippen molar-refractivity contribution in [3.63, 3.8) is 0 Å². The van der Waals surface area contributed by atoms with Crippen LogP contribution >= 0.6 is 0 Å². The highest BCUT2D eigenvalue weighted by Gasteiger charge is 2.09. The van der Waals surface area contributed by atoms with E-state index in [1.165, 1.54) is 11.1 Å². The van der Waals surface area contributed by atoms with Crippen molar-refractivity contribution in [1.29, 1.82) is 0 Å². The first-order chi connectivity index (χ1) is 9.13. The number of anilines is 1. The summed E-state index contributed by atoms with van der Waals surface area (Å²) in [6.45, 7) is 4.36. The van der Waals surface area contributed by atoms with Gasteiger partial charge in [0.25, 0.3) is 0 Å². The van der Waals surface area contributed by atoms with Crippen molar-refractivity contribution < 1.29 is 4.74 Å². The zero-order valence-corrected chi connectivity index (χ0v) is 11.9. The van der Waals surface area contributed by atoms with E-state index in [1.807, 2.05) is 19.3 Å². The molecule has 0 aliphatic heterocycles. The van der Waals surface area contributed by atoms with Crippen LogP contribution < -0.4 is 10.1 Å². The van der Waals surface area contributed by atoms with Crippen LogP contribution in [-0.2, 0) is 6.42 Å². The van der Waals surface area contributed by atoms with Gasteiger partial charge in [0.2, 0.25) is 0 Å². The van der Waals surface area contributed by atoms with Crippen molar-refractivity contribution >= 4 is 5.95 Å². The van der Waals surface area contributed by atoms with Gasteiger partial charge in [0.05, 0.1) is 13.3 Å². The summed E-state index contributed by atoms with van der Waals surface area (Å²) in [5, 5.41) is 2.99. The van der Waals surface area contributed by atoms with Crippen molar-refractivity contribution in [3.8, 4) is 5.75 Å². The minimum absolute atomic E-state index is 0.449. The molecule has 0 saturated carbocycles. The highest BCUT2D eigenvalue weighted by molar-refractivity contribution is 5.40. The quantitative estimate of drug-likeness (QED) is 0.867. The largest absolute Gasteiger partial charge is 0.496 e. The molecule has 0 radical (unpaired) electrons. The van der Waals surface area contributed by atoms with Crippen LogP contribution in [0.3, 0.4) is 0 Å². The molecule has 0 aliphatic rings. The third-order valence-corrected chi connectivity index (χ3v) is 3.18. The zero-order valence-electron chi connectivity index (χ0n) is 11.9. The van der Waals surface area contributed by atoms with Crippen LogP contribution in [0.5, 0.6) is 5.75 Å². The number of aromatic amines is 1. The number of imidazole rings is 1. The first kappa shape index (κ1) is 13.5. The Morgan fingerprint density at radius 1 is 1.37 bits per heavy atom. The molecule has 0 saturated heterocycles. The highest BCUT2D eigenvalue weighted by Crippen LogP contribution is 2.28. The van der Waals surface area contributed by atoms with Gasteiger partial charge < -0.3 is 15.0 Å². The van der Waals surface area contributed by atoms with E-state index in [4.69, 9.17) is 4.74 Å². The van der Waals surface area contributed by atoms with Crippen LogP contribution in [0.2, 0.25) is 0 Å². The first-order valence-corrected chi connectivity index (χ1v) is 6.52. The lowest BCUT2D eigenvalue weighted by molar-refractivity contribution is 0.407. The Morgan fingerprint density at radius 3 is 2.74 bits per heavy atom. The number of nitrogens with zero attached hydrogens (tertiary/aromatic N) is 1. The molecule has 0 amide bonds. The summed E-state index contributed by atoms with van der Waals surface area (Å²) >= 11 is 0. The minimum atomic E-state index is 0.449. The number of hydrogen-bond acceptors (Lipinski definition) is 3. The molecule has 0 bridgehead atoms. The Kier molecular flexibility index (Phi) is 4.10. The number of rotatable bonds is 5. The van der Waals surface area contributed by atoms with E-state index < -0.39 is 0 Å². The molecule has 4 nitrogen and oxygen atoms in total. The molecule has 1 aromatic heterocycles. The van der Waals surface area contributed by atoms with Crippen LogP contribution in [0.25, 0.3) is 0 Å². The summed E-state index contributed by atoms with van der Waals surface area (Å²) in [5.41, 5.74) is 3.60. The molecule has 1 heterocycles. The van der Waals surface area contributed by atoms with Crippen molar-refractivity contribution in [3.05, 3.63) is 41.2 Å². The van der Waals surface area contributed by atoms with E-state index in [-0.39, 0.29) is 0 Å². The molecule has 0 unspecified atom stereocenters. The molecule has 19 heavy (non-hydrogen) atoms. The summed E-state index contributed by atoms with van der Waals surface area (Å²) in [4.78, 5) is 7.47. The number of methoxy groups -OCH3 is 1. The molecule has 1 aromatic carbocycles. The molecule has 2 N–H and O–H groups in total. The lowest BCUT2D eigenvalue weighted by Gasteiger charge is -2.13. The van der Waals surface area contributed by atoms with E-state index in [2.05, 4.69) is 41.3 Å². The lowest BCUT2D eigenvalue weighted by Crippen LogP contribution is -1.97. The zero-order chi connectivity index (χ0) is 13.8. The van der Waals surface area contributed by atoms with Gasteiger partial charge in [0, 0.05) is 19.2 Å². The predicted octanol–water partition coefficient (Wildman–Crippen LogP) is 3.17. The molecule has 2 rings (SSSR count). The van der Waals surface area contributed by atoms with Crippen LogP contribution in [-0.4, -0.2) is 24.1 Å². The van der Waals surface area contributed by atoms with Gasteiger partial charge in [-0.05, 0) is 23.1 Å². The van der Waals surface area contributed by atoms with Crippen molar-refractivity contribution in [1.82, 2.24) is 9.97 Å². The normalized spacial score (nSPS) is 10.8. The molecule has 4 heteroatoms. The van der Waals surface area contributed by atoms with Gasteiger partial charge in [-0.1, -0.05) is 26.0 Å². The number of H-pyrrole nitrogens is 1. The van der Waals surface area contributed by atoms with Crippen molar-refractivity contribution in [2.75, 3.05) is 19.5 Å². The van der Waals surface area contributed by atoms with Gasteiger partial charge >= 0.3 is 0 Å². The lowest BCUT2D eigenvalue weighted by atomic mass is 9.98. The van der Waals surface area contributed by atoms with Gasteiger partial charge in [0.15, 0.2) is 5.95 Å². The van der Waals surface area contributed by atoms with Crippen LogP contribution in [0.4, 0.5) is 5.95 Å². The fourth-order valence-corrected chi connectivity index (χ4v) is 2.14. The van der Waals surface area contributed by atoms with E-state index in [0.29, 0.717) is 5.92 Å². The maximum Gasteiger partial charge on any atom is 0.200 e. The Bertz CT molecular complexity index is 546. The van der Waals surface area contributed by atoms with E-state index >= 15 is 0 Å². The van der Waals surface area contributed by atoms with Crippen LogP contribution in [0.1, 0.15) is 36.6 Å². The number of benzene rings is 1. The average molecular weight is 259 g/mol. The minimum Gasteiger partial charge on any atom is -0.496 e. The fourth-order valence-electron chi connectivity index (χ4n) is 2.14. The number of hydrogen-bond donors (Lipinski definition) is 2. The summed E-state index contributed by atoms with van der Waals surface area (Å²) < 4.78 is 5.40. The van der Waals surface area contributed by atoms with E-state index in [9.17, 15) is 0 Å². The molecular weight excluding hydrogens is 238 g/mol. The Labute approximate surface area is 114 Å². The molecule has 0 spiro atoms. The summed E-state index contributed by atoms with van der Waals surface area (Å²) in [7, 11) is 3.57. The molecule has 102 valence electrons. The molecular formula is C15H21N3O. The van der Waals surface area contributed by atoms with Gasteiger partial charge in [-0.15, -0.1) is 0 Å². The van der Waals surface area contributed by atoms with E-state index in [0.717, 1.165) is 23.8 Å². The summed E-state index contributed by atoms with van der Waals surface area (Å²) in [5.74, 6) is 2.21. The molecule has 0 atom stereocenters. The smallest absolute Gasteiger partial charge is 0.200 e. The monoisotopic (exact) mass is 259 g/mol. The maximum atomic E-state index is 5.40. The second kappa shape index (κ2) is 5.78. The number of ether oxygens (including phenoxy) is 1. The molecule has 0 fully saturated rings. The van der Waals surface area contributed by atoms with Gasteiger partial charge in [-0.2, -0.15) is 0 Å². The topological polar surface area (TPSA) is 49.9 Å². The van der Waals surface area contributed by atoms with Crippen molar-refractivity contribution in [2.45, 2.75) is 26.2 Å².